The van der Waals surface area contributed by atoms with Crippen molar-refractivity contribution in [2.45, 2.75) is 46.7 Å². The number of rotatable bonds is 6. The summed E-state index contributed by atoms with van der Waals surface area (Å²) >= 11 is 0. The Labute approximate surface area is 168 Å². The van der Waals surface area contributed by atoms with Crippen molar-refractivity contribution >= 4 is 12.0 Å². The Hall–Kier alpha value is -2.40. The van der Waals surface area contributed by atoms with Crippen LogP contribution in [0.5, 0.6) is 0 Å². The van der Waals surface area contributed by atoms with Crippen molar-refractivity contribution in [3.63, 3.8) is 0 Å². The number of hydrogen-bond acceptors (Lipinski definition) is 3. The summed E-state index contributed by atoms with van der Waals surface area (Å²) in [5.74, 6) is 0.624. The molecular weight excluding hydrogens is 348 g/mol. The van der Waals surface area contributed by atoms with E-state index in [4.69, 9.17) is 0 Å². The second-order valence-electron chi connectivity index (χ2n) is 7.85. The molecule has 5 heteroatoms. The van der Waals surface area contributed by atoms with Crippen molar-refractivity contribution in [2.24, 2.45) is 0 Å². The second-order valence-corrected chi connectivity index (χ2v) is 7.85. The molecule has 0 atom stereocenters. The Kier molecular flexibility index (Phi) is 6.68. The second kappa shape index (κ2) is 9.20. The van der Waals surface area contributed by atoms with Gasteiger partial charge in [-0.15, -0.1) is 0 Å². The van der Waals surface area contributed by atoms with E-state index in [1.165, 1.54) is 11.1 Å². The van der Waals surface area contributed by atoms with Crippen LogP contribution in [0.3, 0.4) is 0 Å². The van der Waals surface area contributed by atoms with Crippen LogP contribution in [0.15, 0.2) is 36.5 Å². The highest BCUT2D eigenvalue weighted by Crippen LogP contribution is 2.16. The smallest absolute Gasteiger partial charge is 0.246 e. The summed E-state index contributed by atoms with van der Waals surface area (Å²) in [6.07, 6.45) is 5.76. The van der Waals surface area contributed by atoms with E-state index in [-0.39, 0.29) is 5.91 Å². The molecule has 0 radical (unpaired) electrons. The topological polar surface area (TPSA) is 41.4 Å². The molecule has 2 heterocycles. The molecule has 0 bridgehead atoms. The first-order chi connectivity index (χ1) is 13.5. The molecule has 2 aromatic rings. The molecule has 1 aliphatic rings. The summed E-state index contributed by atoms with van der Waals surface area (Å²) in [5.41, 5.74) is 4.78. The van der Waals surface area contributed by atoms with E-state index < -0.39 is 0 Å². The summed E-state index contributed by atoms with van der Waals surface area (Å²) in [6.45, 7) is 13.7. The average molecular weight is 381 g/mol. The number of nitrogens with zero attached hydrogens (tertiary/aromatic N) is 4. The number of hydrogen-bond donors (Lipinski definition) is 0. The fraction of sp³-hybridized carbons (Fsp3) is 0.478. The number of piperazine rings is 1. The van der Waals surface area contributed by atoms with Gasteiger partial charge in [0.1, 0.15) is 0 Å². The van der Waals surface area contributed by atoms with Gasteiger partial charge in [-0.05, 0) is 37.0 Å². The Balaban J connectivity index is 1.49. The molecule has 1 amide bonds. The predicted octanol–water partition coefficient (Wildman–Crippen LogP) is 3.69. The van der Waals surface area contributed by atoms with Crippen LogP contribution in [-0.4, -0.2) is 51.7 Å². The van der Waals surface area contributed by atoms with E-state index in [1.807, 2.05) is 15.7 Å². The van der Waals surface area contributed by atoms with E-state index in [1.54, 1.807) is 6.08 Å². The highest BCUT2D eigenvalue weighted by Gasteiger charge is 2.20. The third-order valence-corrected chi connectivity index (χ3v) is 5.47. The molecule has 0 aliphatic carbocycles. The molecule has 5 nitrogen and oxygen atoms in total. The fourth-order valence-corrected chi connectivity index (χ4v) is 3.51. The first kappa shape index (κ1) is 20.3. The lowest BCUT2D eigenvalue weighted by Gasteiger charge is -2.34. The van der Waals surface area contributed by atoms with Crippen LogP contribution < -0.4 is 0 Å². The molecular formula is C23H32N4O. The van der Waals surface area contributed by atoms with Crippen LogP contribution in [0, 0.1) is 6.92 Å². The molecule has 1 aromatic heterocycles. The first-order valence-corrected chi connectivity index (χ1v) is 10.3. The Morgan fingerprint density at radius 3 is 2.39 bits per heavy atom. The van der Waals surface area contributed by atoms with Crippen LogP contribution in [-0.2, 0) is 17.9 Å². The molecule has 0 saturated carbocycles. The fourth-order valence-electron chi connectivity index (χ4n) is 3.51. The summed E-state index contributed by atoms with van der Waals surface area (Å²) in [5, 5.41) is 4.52. The minimum atomic E-state index is 0.0996. The standard InChI is InChI=1S/C23H32N4O/c1-5-27-17-22(19(4)24-27)16-25-12-14-26(15-13-25)23(28)11-8-20-6-9-21(10-7-20)18(2)3/h6-11,17-18H,5,12-16H2,1-4H3/b11-8+. The molecule has 28 heavy (non-hydrogen) atoms. The SMILES string of the molecule is CCn1cc(CN2CCN(C(=O)/C=C/c3ccc(C(C)C)cc3)CC2)c(C)n1. The largest absolute Gasteiger partial charge is 0.337 e. The highest BCUT2D eigenvalue weighted by molar-refractivity contribution is 5.91. The number of amides is 1. The van der Waals surface area contributed by atoms with Gasteiger partial charge in [-0.2, -0.15) is 5.10 Å². The lowest BCUT2D eigenvalue weighted by Crippen LogP contribution is -2.47. The van der Waals surface area contributed by atoms with Gasteiger partial charge in [-0.25, -0.2) is 0 Å². The van der Waals surface area contributed by atoms with Crippen LogP contribution in [0.2, 0.25) is 0 Å². The monoisotopic (exact) mass is 380 g/mol. The Morgan fingerprint density at radius 2 is 1.82 bits per heavy atom. The molecule has 1 fully saturated rings. The third kappa shape index (κ3) is 5.10. The van der Waals surface area contributed by atoms with E-state index in [9.17, 15) is 4.79 Å². The van der Waals surface area contributed by atoms with Gasteiger partial charge in [0.2, 0.25) is 5.91 Å². The number of aryl methyl sites for hydroxylation is 2. The summed E-state index contributed by atoms with van der Waals surface area (Å²) < 4.78 is 1.99. The number of benzene rings is 1. The van der Waals surface area contributed by atoms with Gasteiger partial charge in [-0.1, -0.05) is 38.1 Å². The molecule has 1 aliphatic heterocycles. The predicted molar refractivity (Wildman–Crippen MR) is 114 cm³/mol. The molecule has 150 valence electrons. The normalized spacial score (nSPS) is 15.7. The Morgan fingerprint density at radius 1 is 1.14 bits per heavy atom. The van der Waals surface area contributed by atoms with Crippen LogP contribution in [0.4, 0.5) is 0 Å². The van der Waals surface area contributed by atoms with Crippen LogP contribution >= 0.6 is 0 Å². The lowest BCUT2D eigenvalue weighted by molar-refractivity contribution is -0.127. The molecule has 1 saturated heterocycles. The van der Waals surface area contributed by atoms with Crippen LogP contribution in [0.1, 0.15) is 49.1 Å². The van der Waals surface area contributed by atoms with Gasteiger partial charge in [0.05, 0.1) is 5.69 Å². The van der Waals surface area contributed by atoms with Gasteiger partial charge in [0, 0.05) is 57.1 Å². The quantitative estimate of drug-likeness (QED) is 0.718. The first-order valence-electron chi connectivity index (χ1n) is 10.3. The minimum Gasteiger partial charge on any atom is -0.337 e. The lowest BCUT2D eigenvalue weighted by atomic mass is 10.0. The zero-order valence-electron chi connectivity index (χ0n) is 17.6. The van der Waals surface area contributed by atoms with Gasteiger partial charge in [0.25, 0.3) is 0 Å². The minimum absolute atomic E-state index is 0.0996. The summed E-state index contributed by atoms with van der Waals surface area (Å²) in [4.78, 5) is 16.9. The molecule has 0 N–H and O–H groups in total. The highest BCUT2D eigenvalue weighted by atomic mass is 16.2. The maximum absolute atomic E-state index is 12.5. The van der Waals surface area contributed by atoms with Crippen molar-refractivity contribution in [2.75, 3.05) is 26.2 Å². The number of aromatic nitrogens is 2. The molecule has 0 unspecified atom stereocenters. The molecule has 1 aromatic carbocycles. The zero-order valence-corrected chi connectivity index (χ0v) is 17.6. The average Bonchev–Trinajstić information content (AvgIpc) is 3.06. The molecule has 3 rings (SSSR count). The van der Waals surface area contributed by atoms with E-state index in [2.05, 4.69) is 68.2 Å². The maximum Gasteiger partial charge on any atom is 0.246 e. The number of carbonyl (C=O) groups excluding carboxylic acids is 1. The van der Waals surface area contributed by atoms with Gasteiger partial charge in [-0.3, -0.25) is 14.4 Å². The Bertz CT molecular complexity index is 812. The van der Waals surface area contributed by atoms with E-state index in [0.717, 1.165) is 50.5 Å². The third-order valence-electron chi connectivity index (χ3n) is 5.47. The maximum atomic E-state index is 12.5. The van der Waals surface area contributed by atoms with Crippen molar-refractivity contribution in [1.82, 2.24) is 19.6 Å². The van der Waals surface area contributed by atoms with Crippen molar-refractivity contribution in [3.8, 4) is 0 Å². The van der Waals surface area contributed by atoms with Gasteiger partial charge < -0.3 is 4.90 Å². The van der Waals surface area contributed by atoms with Crippen molar-refractivity contribution in [3.05, 3.63) is 58.9 Å². The van der Waals surface area contributed by atoms with Gasteiger partial charge >= 0.3 is 0 Å². The van der Waals surface area contributed by atoms with Crippen molar-refractivity contribution in [1.29, 1.82) is 0 Å². The van der Waals surface area contributed by atoms with E-state index in [0.29, 0.717) is 5.92 Å². The van der Waals surface area contributed by atoms with Crippen molar-refractivity contribution < 1.29 is 4.79 Å². The number of carbonyl (C=O) groups is 1. The molecule has 0 spiro atoms. The summed E-state index contributed by atoms with van der Waals surface area (Å²) in [7, 11) is 0. The van der Waals surface area contributed by atoms with Gasteiger partial charge in [0.15, 0.2) is 0 Å². The zero-order chi connectivity index (χ0) is 20.1. The summed E-state index contributed by atoms with van der Waals surface area (Å²) in [6, 6.07) is 8.43. The van der Waals surface area contributed by atoms with E-state index >= 15 is 0 Å². The van der Waals surface area contributed by atoms with Crippen LogP contribution in [0.25, 0.3) is 6.08 Å².